The van der Waals surface area contributed by atoms with Gasteiger partial charge in [-0.1, -0.05) is 88.5 Å². The number of hydrogen-bond donors (Lipinski definition) is 1. The van der Waals surface area contributed by atoms with Gasteiger partial charge >= 0.3 is 0 Å². The second kappa shape index (κ2) is 9.37. The number of carbonyl (C=O) groups is 1. The normalized spacial score (nSPS) is 10.9. The molecule has 0 unspecified atom stereocenters. The maximum atomic E-state index is 12.4. The van der Waals surface area contributed by atoms with Crippen LogP contribution in [0.15, 0.2) is 41.6 Å². The van der Waals surface area contributed by atoms with E-state index in [1.165, 1.54) is 17.8 Å². The number of aromatic nitrogens is 3. The molecule has 0 aliphatic rings. The highest BCUT2D eigenvalue weighted by atomic mass is 35.5. The molecule has 146 valence electrons. The fourth-order valence-corrected chi connectivity index (χ4v) is 4.09. The molecule has 0 bridgehead atoms. The van der Waals surface area contributed by atoms with Crippen LogP contribution in [0.1, 0.15) is 11.4 Å². The Morgan fingerprint density at radius 3 is 2.36 bits per heavy atom. The molecule has 0 saturated carbocycles. The van der Waals surface area contributed by atoms with Crippen LogP contribution in [0.25, 0.3) is 0 Å². The van der Waals surface area contributed by atoms with E-state index in [4.69, 9.17) is 46.4 Å². The van der Waals surface area contributed by atoms with Crippen molar-refractivity contribution in [3.8, 4) is 0 Å². The summed E-state index contributed by atoms with van der Waals surface area (Å²) in [6, 6.07) is 11.4. The number of nitrogens with zero attached hydrogens (tertiary/aromatic N) is 3. The Morgan fingerprint density at radius 2 is 1.71 bits per heavy atom. The van der Waals surface area contributed by atoms with Crippen LogP contribution in [0.3, 0.4) is 0 Å². The molecule has 0 fully saturated rings. The zero-order valence-electron chi connectivity index (χ0n) is 14.5. The van der Waals surface area contributed by atoms with Crippen molar-refractivity contribution in [3.63, 3.8) is 0 Å². The Bertz CT molecular complexity index is 984. The number of aryl methyl sites for hydroxylation is 1. The smallest absolute Gasteiger partial charge is 0.234 e. The zero-order chi connectivity index (χ0) is 20.3. The predicted octanol–water partition coefficient (Wildman–Crippen LogP) is 5.98. The third kappa shape index (κ3) is 4.93. The molecule has 28 heavy (non-hydrogen) atoms. The number of amides is 1. The summed E-state index contributed by atoms with van der Waals surface area (Å²) in [6.45, 7) is 2.48. The molecule has 0 aliphatic heterocycles. The summed E-state index contributed by atoms with van der Waals surface area (Å²) in [5.41, 5.74) is 1.30. The van der Waals surface area contributed by atoms with E-state index >= 15 is 0 Å². The minimum atomic E-state index is -0.320. The number of halogens is 4. The lowest BCUT2D eigenvalue weighted by Gasteiger charge is -2.12. The summed E-state index contributed by atoms with van der Waals surface area (Å²) in [5, 5.41) is 12.2. The number of thioether (sulfide) groups is 1. The van der Waals surface area contributed by atoms with Gasteiger partial charge in [-0.2, -0.15) is 0 Å². The molecule has 1 amide bonds. The largest absolute Gasteiger partial charge is 0.323 e. The molecule has 0 spiro atoms. The van der Waals surface area contributed by atoms with Crippen molar-refractivity contribution in [1.82, 2.24) is 14.8 Å². The van der Waals surface area contributed by atoms with Crippen molar-refractivity contribution >= 4 is 69.8 Å². The van der Waals surface area contributed by atoms with Crippen LogP contribution in [0.4, 0.5) is 5.69 Å². The van der Waals surface area contributed by atoms with Crippen LogP contribution in [0, 0.1) is 6.92 Å². The quantitative estimate of drug-likeness (QED) is 0.352. The molecule has 1 N–H and O–H groups in total. The monoisotopic (exact) mass is 474 g/mol. The fraction of sp³-hybridized carbons (Fsp3) is 0.167. The first-order chi connectivity index (χ1) is 13.4. The number of benzene rings is 2. The average Bonchev–Trinajstić information content (AvgIpc) is 3.02. The summed E-state index contributed by atoms with van der Waals surface area (Å²) in [4.78, 5) is 12.4. The third-order valence-corrected chi connectivity index (χ3v) is 6.34. The molecule has 0 radical (unpaired) electrons. The molecule has 0 atom stereocenters. The summed E-state index contributed by atoms with van der Waals surface area (Å²) < 4.78 is 1.95. The molecular weight excluding hydrogens is 462 g/mol. The Labute approximate surface area is 186 Å². The van der Waals surface area contributed by atoms with Crippen molar-refractivity contribution in [2.24, 2.45) is 0 Å². The van der Waals surface area contributed by atoms with Gasteiger partial charge in [-0.25, -0.2) is 0 Å². The van der Waals surface area contributed by atoms with Crippen LogP contribution in [0.2, 0.25) is 20.1 Å². The van der Waals surface area contributed by atoms with Gasteiger partial charge < -0.3 is 9.88 Å². The fourth-order valence-electron chi connectivity index (χ4n) is 2.40. The lowest BCUT2D eigenvalue weighted by Crippen LogP contribution is -2.15. The Hall–Kier alpha value is -1.44. The molecule has 10 heteroatoms. The van der Waals surface area contributed by atoms with Gasteiger partial charge in [0.25, 0.3) is 0 Å². The first kappa shape index (κ1) is 21.3. The zero-order valence-corrected chi connectivity index (χ0v) is 18.4. The van der Waals surface area contributed by atoms with Gasteiger partial charge in [0.2, 0.25) is 5.91 Å². The first-order valence-corrected chi connectivity index (χ1v) is 10.6. The predicted molar refractivity (Wildman–Crippen MR) is 116 cm³/mol. The number of nitrogens with one attached hydrogen (secondary N) is 1. The van der Waals surface area contributed by atoms with E-state index in [0.717, 1.165) is 11.4 Å². The van der Waals surface area contributed by atoms with Crippen LogP contribution < -0.4 is 5.32 Å². The van der Waals surface area contributed by atoms with Crippen LogP contribution in [0.5, 0.6) is 0 Å². The first-order valence-electron chi connectivity index (χ1n) is 8.06. The van der Waals surface area contributed by atoms with Gasteiger partial charge in [-0.05, 0) is 18.6 Å². The summed E-state index contributed by atoms with van der Waals surface area (Å²) in [7, 11) is 0. The van der Waals surface area contributed by atoms with Crippen molar-refractivity contribution in [1.29, 1.82) is 0 Å². The number of rotatable bonds is 6. The van der Waals surface area contributed by atoms with Gasteiger partial charge in [-0.15, -0.1) is 10.2 Å². The van der Waals surface area contributed by atoms with Crippen molar-refractivity contribution < 1.29 is 4.79 Å². The van der Waals surface area contributed by atoms with E-state index in [9.17, 15) is 4.79 Å². The van der Waals surface area contributed by atoms with Crippen LogP contribution in [-0.2, 0) is 11.3 Å². The van der Waals surface area contributed by atoms with E-state index < -0.39 is 0 Å². The highest BCUT2D eigenvalue weighted by Gasteiger charge is 2.18. The van der Waals surface area contributed by atoms with Gasteiger partial charge in [0.1, 0.15) is 5.82 Å². The minimum absolute atomic E-state index is 0.0870. The van der Waals surface area contributed by atoms with Gasteiger partial charge in [0, 0.05) is 0 Å². The SMILES string of the molecule is Cc1nnc(SCC(=O)Nc2c(Cl)c(Cl)cc(Cl)c2Cl)n1Cc1ccccc1. The van der Waals surface area contributed by atoms with E-state index in [2.05, 4.69) is 15.5 Å². The summed E-state index contributed by atoms with van der Waals surface area (Å²) >= 11 is 25.5. The van der Waals surface area contributed by atoms with E-state index in [1.54, 1.807) is 0 Å². The molecule has 1 heterocycles. The lowest BCUT2D eigenvalue weighted by molar-refractivity contribution is -0.113. The molecule has 5 nitrogen and oxygen atoms in total. The Morgan fingerprint density at radius 1 is 1.07 bits per heavy atom. The second-order valence-electron chi connectivity index (χ2n) is 5.78. The highest BCUT2D eigenvalue weighted by molar-refractivity contribution is 7.99. The highest BCUT2D eigenvalue weighted by Crippen LogP contribution is 2.41. The maximum Gasteiger partial charge on any atom is 0.234 e. The Balaban J connectivity index is 1.70. The molecule has 3 rings (SSSR count). The number of anilines is 1. The van der Waals surface area contributed by atoms with Crippen molar-refractivity contribution in [2.45, 2.75) is 18.6 Å². The van der Waals surface area contributed by atoms with Gasteiger partial charge in [0.05, 0.1) is 38.1 Å². The number of hydrogen-bond acceptors (Lipinski definition) is 4. The standard InChI is InChI=1S/C18H14Cl4N4OS/c1-10-24-25-18(26(10)8-11-5-3-2-4-6-11)28-9-14(27)23-17-15(21)12(19)7-13(20)16(17)22/h2-7H,8-9H2,1H3,(H,23,27). The Kier molecular flexibility index (Phi) is 7.12. The lowest BCUT2D eigenvalue weighted by atomic mass is 10.2. The van der Waals surface area contributed by atoms with Crippen molar-refractivity contribution in [3.05, 3.63) is 67.9 Å². The average molecular weight is 476 g/mol. The van der Waals surface area contributed by atoms with E-state index in [-0.39, 0.29) is 37.4 Å². The maximum absolute atomic E-state index is 12.4. The van der Waals surface area contributed by atoms with Crippen LogP contribution in [-0.4, -0.2) is 26.4 Å². The van der Waals surface area contributed by atoms with Gasteiger partial charge in [0.15, 0.2) is 5.16 Å². The van der Waals surface area contributed by atoms with E-state index in [1.807, 2.05) is 41.8 Å². The molecule has 1 aromatic heterocycles. The minimum Gasteiger partial charge on any atom is -0.323 e. The molecule has 0 saturated heterocycles. The van der Waals surface area contributed by atoms with E-state index in [0.29, 0.717) is 11.7 Å². The molecule has 3 aromatic rings. The number of carbonyl (C=O) groups excluding carboxylic acids is 1. The topological polar surface area (TPSA) is 59.8 Å². The molecule has 2 aromatic carbocycles. The van der Waals surface area contributed by atoms with Crippen LogP contribution >= 0.6 is 58.2 Å². The third-order valence-electron chi connectivity index (χ3n) is 3.79. The summed E-state index contributed by atoms with van der Waals surface area (Å²) in [5.74, 6) is 0.530. The second-order valence-corrected chi connectivity index (χ2v) is 8.29. The van der Waals surface area contributed by atoms with Crippen molar-refractivity contribution in [2.75, 3.05) is 11.1 Å². The molecule has 0 aliphatic carbocycles. The molecular formula is C18H14Cl4N4OS. The summed E-state index contributed by atoms with van der Waals surface area (Å²) in [6.07, 6.45) is 0. The van der Waals surface area contributed by atoms with Gasteiger partial charge in [-0.3, -0.25) is 4.79 Å².